The fourth-order valence-corrected chi connectivity index (χ4v) is 2.54. The van der Waals surface area contributed by atoms with Gasteiger partial charge in [-0.25, -0.2) is 0 Å². The molecule has 1 saturated heterocycles. The molecule has 15 heavy (non-hydrogen) atoms. The van der Waals surface area contributed by atoms with Crippen LogP contribution in [0.4, 0.5) is 0 Å². The monoisotopic (exact) mass is 211 g/mol. The number of hydrogen-bond acceptors (Lipinski definition) is 1. The fourth-order valence-electron chi connectivity index (χ4n) is 2.54. The Balaban J connectivity index is 2.49. The molecule has 1 amide bonds. The third-order valence-electron chi connectivity index (χ3n) is 3.23. The predicted molar refractivity (Wildman–Crippen MR) is 63.7 cm³/mol. The number of nitrogens with zero attached hydrogens (tertiary/aromatic N) is 1. The van der Waals surface area contributed by atoms with Crippen molar-refractivity contribution >= 4 is 5.91 Å². The zero-order valence-electron chi connectivity index (χ0n) is 10.5. The van der Waals surface area contributed by atoms with Crippen LogP contribution in [0.2, 0.25) is 0 Å². The van der Waals surface area contributed by atoms with E-state index in [4.69, 9.17) is 0 Å². The molecule has 0 aromatic rings. The summed E-state index contributed by atoms with van der Waals surface area (Å²) in [5, 5.41) is 0. The van der Waals surface area contributed by atoms with Crippen molar-refractivity contribution in [3.05, 3.63) is 0 Å². The second-order valence-corrected chi connectivity index (χ2v) is 5.18. The van der Waals surface area contributed by atoms with Crippen LogP contribution >= 0.6 is 0 Å². The molecule has 0 N–H and O–H groups in total. The van der Waals surface area contributed by atoms with Crippen LogP contribution in [0.15, 0.2) is 0 Å². The topological polar surface area (TPSA) is 20.3 Å². The third-order valence-corrected chi connectivity index (χ3v) is 3.23. The van der Waals surface area contributed by atoms with Crippen molar-refractivity contribution in [3.8, 4) is 0 Å². The van der Waals surface area contributed by atoms with Gasteiger partial charge in [0, 0.05) is 19.5 Å². The van der Waals surface area contributed by atoms with Gasteiger partial charge in [0.15, 0.2) is 0 Å². The van der Waals surface area contributed by atoms with E-state index in [2.05, 4.69) is 18.7 Å². The number of carbonyl (C=O) groups excluding carboxylic acids is 1. The molecule has 1 rings (SSSR count). The summed E-state index contributed by atoms with van der Waals surface area (Å²) >= 11 is 0. The lowest BCUT2D eigenvalue weighted by atomic mass is 9.93. The molecule has 0 aliphatic carbocycles. The van der Waals surface area contributed by atoms with E-state index in [1.807, 2.05) is 6.92 Å². The van der Waals surface area contributed by atoms with Gasteiger partial charge >= 0.3 is 0 Å². The van der Waals surface area contributed by atoms with E-state index in [1.54, 1.807) is 0 Å². The molecule has 0 saturated carbocycles. The maximum absolute atomic E-state index is 11.7. The Morgan fingerprint density at radius 1 is 1.40 bits per heavy atom. The Labute approximate surface area is 94.0 Å². The summed E-state index contributed by atoms with van der Waals surface area (Å²) in [4.78, 5) is 13.8. The highest BCUT2D eigenvalue weighted by Gasteiger charge is 2.21. The second kappa shape index (κ2) is 6.14. The van der Waals surface area contributed by atoms with Crippen molar-refractivity contribution in [1.82, 2.24) is 4.90 Å². The van der Waals surface area contributed by atoms with Crippen molar-refractivity contribution in [2.24, 2.45) is 11.8 Å². The van der Waals surface area contributed by atoms with Crippen LogP contribution in [0.5, 0.6) is 0 Å². The lowest BCUT2D eigenvalue weighted by Gasteiger charge is -2.25. The number of likely N-dealkylation sites (tertiary alicyclic amines) is 1. The van der Waals surface area contributed by atoms with Gasteiger partial charge in [-0.15, -0.1) is 0 Å². The first-order valence-electron chi connectivity index (χ1n) is 6.41. The summed E-state index contributed by atoms with van der Waals surface area (Å²) in [6.07, 6.45) is 5.73. The molecule has 0 spiro atoms. The van der Waals surface area contributed by atoms with Crippen LogP contribution in [0.1, 0.15) is 52.9 Å². The quantitative estimate of drug-likeness (QED) is 0.702. The standard InChI is InChI=1S/C13H25NO/c1-4-13(15)14-8-6-5-7-12(10-14)9-11(2)3/h11-12H,4-10H2,1-3H3. The summed E-state index contributed by atoms with van der Waals surface area (Å²) in [5.74, 6) is 1.83. The van der Waals surface area contributed by atoms with Crippen LogP contribution in [-0.4, -0.2) is 23.9 Å². The highest BCUT2D eigenvalue weighted by atomic mass is 16.2. The lowest BCUT2D eigenvalue weighted by molar-refractivity contribution is -0.131. The van der Waals surface area contributed by atoms with Crippen molar-refractivity contribution in [2.75, 3.05) is 13.1 Å². The van der Waals surface area contributed by atoms with E-state index >= 15 is 0 Å². The zero-order chi connectivity index (χ0) is 11.3. The SMILES string of the molecule is CCC(=O)N1CCCCC(CC(C)C)C1. The Morgan fingerprint density at radius 3 is 2.73 bits per heavy atom. The largest absolute Gasteiger partial charge is 0.342 e. The summed E-state index contributed by atoms with van der Waals surface area (Å²) < 4.78 is 0. The molecule has 1 atom stereocenters. The van der Waals surface area contributed by atoms with Gasteiger partial charge in [0.1, 0.15) is 0 Å². The van der Waals surface area contributed by atoms with Crippen LogP contribution in [0.25, 0.3) is 0 Å². The Bertz CT molecular complexity index is 201. The van der Waals surface area contributed by atoms with E-state index in [9.17, 15) is 4.79 Å². The minimum Gasteiger partial charge on any atom is -0.342 e. The molecular weight excluding hydrogens is 186 g/mol. The van der Waals surface area contributed by atoms with Gasteiger partial charge in [-0.1, -0.05) is 27.2 Å². The normalized spacial score (nSPS) is 22.9. The highest BCUT2D eigenvalue weighted by molar-refractivity contribution is 5.75. The molecule has 1 aliphatic heterocycles. The summed E-state index contributed by atoms with van der Waals surface area (Å²) in [6, 6.07) is 0. The molecule has 1 fully saturated rings. The first-order valence-corrected chi connectivity index (χ1v) is 6.41. The number of rotatable bonds is 3. The van der Waals surface area contributed by atoms with Crippen LogP contribution in [0, 0.1) is 11.8 Å². The zero-order valence-corrected chi connectivity index (χ0v) is 10.5. The van der Waals surface area contributed by atoms with Crippen molar-refractivity contribution < 1.29 is 4.79 Å². The second-order valence-electron chi connectivity index (χ2n) is 5.18. The van der Waals surface area contributed by atoms with E-state index in [-0.39, 0.29) is 0 Å². The van der Waals surface area contributed by atoms with E-state index in [0.29, 0.717) is 12.3 Å². The molecule has 0 aromatic heterocycles. The minimum absolute atomic E-state index is 0.339. The first kappa shape index (κ1) is 12.5. The van der Waals surface area contributed by atoms with Crippen molar-refractivity contribution in [2.45, 2.75) is 52.9 Å². The molecule has 1 heterocycles. The fraction of sp³-hybridized carbons (Fsp3) is 0.923. The van der Waals surface area contributed by atoms with Crippen LogP contribution in [-0.2, 0) is 4.79 Å². The van der Waals surface area contributed by atoms with Gasteiger partial charge < -0.3 is 4.90 Å². The van der Waals surface area contributed by atoms with Crippen molar-refractivity contribution in [3.63, 3.8) is 0 Å². The maximum Gasteiger partial charge on any atom is 0.222 e. The molecule has 88 valence electrons. The van der Waals surface area contributed by atoms with Gasteiger partial charge in [0.05, 0.1) is 0 Å². The predicted octanol–water partition coefficient (Wildman–Crippen LogP) is 3.07. The first-order chi connectivity index (χ1) is 7.13. The maximum atomic E-state index is 11.7. The lowest BCUT2D eigenvalue weighted by Crippen LogP contribution is -2.34. The van der Waals surface area contributed by atoms with Crippen LogP contribution in [0.3, 0.4) is 0 Å². The van der Waals surface area contributed by atoms with E-state index in [1.165, 1.54) is 25.7 Å². The van der Waals surface area contributed by atoms with Crippen molar-refractivity contribution in [1.29, 1.82) is 0 Å². The summed E-state index contributed by atoms with van der Waals surface area (Å²) in [7, 11) is 0. The van der Waals surface area contributed by atoms with Gasteiger partial charge in [0.25, 0.3) is 0 Å². The van der Waals surface area contributed by atoms with Crippen LogP contribution < -0.4 is 0 Å². The number of amides is 1. The Hall–Kier alpha value is -0.530. The molecular formula is C13H25NO. The molecule has 1 aliphatic rings. The molecule has 0 bridgehead atoms. The molecule has 0 radical (unpaired) electrons. The smallest absolute Gasteiger partial charge is 0.222 e. The highest BCUT2D eigenvalue weighted by Crippen LogP contribution is 2.23. The average molecular weight is 211 g/mol. The molecule has 1 unspecified atom stereocenters. The summed E-state index contributed by atoms with van der Waals surface area (Å²) in [6.45, 7) is 8.50. The van der Waals surface area contributed by atoms with Gasteiger partial charge in [-0.05, 0) is 31.1 Å². The number of carbonyl (C=O) groups is 1. The van der Waals surface area contributed by atoms with Gasteiger partial charge in [0.2, 0.25) is 5.91 Å². The number of hydrogen-bond donors (Lipinski definition) is 0. The Morgan fingerprint density at radius 2 is 2.13 bits per heavy atom. The van der Waals surface area contributed by atoms with Gasteiger partial charge in [-0.2, -0.15) is 0 Å². The molecule has 0 aromatic carbocycles. The summed E-state index contributed by atoms with van der Waals surface area (Å²) in [5.41, 5.74) is 0. The average Bonchev–Trinajstić information content (AvgIpc) is 2.41. The minimum atomic E-state index is 0.339. The van der Waals surface area contributed by atoms with E-state index in [0.717, 1.165) is 24.9 Å². The Kier molecular flexibility index (Phi) is 5.13. The third kappa shape index (κ3) is 4.23. The molecule has 2 heteroatoms. The van der Waals surface area contributed by atoms with E-state index < -0.39 is 0 Å². The van der Waals surface area contributed by atoms with Gasteiger partial charge in [-0.3, -0.25) is 4.79 Å². The molecule has 2 nitrogen and oxygen atoms in total.